The Morgan fingerprint density at radius 1 is 1.35 bits per heavy atom. The van der Waals surface area contributed by atoms with Crippen LogP contribution in [0.4, 0.5) is 0 Å². The van der Waals surface area contributed by atoms with Crippen LogP contribution in [0.1, 0.15) is 52.9 Å². The molecule has 0 saturated carbocycles. The van der Waals surface area contributed by atoms with Gasteiger partial charge in [-0.3, -0.25) is 5.41 Å². The first-order chi connectivity index (χ1) is 7.92. The average Bonchev–Trinajstić information content (AvgIpc) is 2.43. The smallest absolute Gasteiger partial charge is 0.0963 e. The van der Waals surface area contributed by atoms with Crippen LogP contribution in [0.3, 0.4) is 0 Å². The molecule has 1 fully saturated rings. The highest BCUT2D eigenvalue weighted by Crippen LogP contribution is 2.23. The Bertz CT molecular complexity index is 248. The summed E-state index contributed by atoms with van der Waals surface area (Å²) in [7, 11) is 0. The highest BCUT2D eigenvalue weighted by atomic mass is 15.1. The lowest BCUT2D eigenvalue weighted by Gasteiger charge is -2.25. The van der Waals surface area contributed by atoms with Gasteiger partial charge in [-0.1, -0.05) is 20.8 Å². The van der Waals surface area contributed by atoms with Gasteiger partial charge in [0.25, 0.3) is 0 Å². The van der Waals surface area contributed by atoms with Crippen molar-refractivity contribution in [2.75, 3.05) is 19.6 Å². The molecule has 0 aromatic carbocycles. The molecular formula is C14H29N3. The van der Waals surface area contributed by atoms with Gasteiger partial charge < -0.3 is 10.6 Å². The van der Waals surface area contributed by atoms with E-state index in [1.54, 1.807) is 0 Å². The number of nitrogens with two attached hydrogens (primary N) is 1. The maximum Gasteiger partial charge on any atom is 0.0963 e. The zero-order valence-corrected chi connectivity index (χ0v) is 11.8. The fourth-order valence-electron chi connectivity index (χ4n) is 2.43. The molecule has 0 aromatic rings. The summed E-state index contributed by atoms with van der Waals surface area (Å²) in [6.07, 6.45) is 6.25. The van der Waals surface area contributed by atoms with Crippen LogP contribution in [-0.2, 0) is 0 Å². The van der Waals surface area contributed by atoms with Gasteiger partial charge in [-0.15, -0.1) is 0 Å². The molecule has 0 amide bonds. The molecule has 1 atom stereocenters. The first-order valence-corrected chi connectivity index (χ1v) is 6.98. The molecule has 3 N–H and O–H groups in total. The van der Waals surface area contributed by atoms with Crippen LogP contribution in [-0.4, -0.2) is 30.4 Å². The fraction of sp³-hybridized carbons (Fsp3) is 0.929. The van der Waals surface area contributed by atoms with Crippen LogP contribution >= 0.6 is 0 Å². The molecule has 1 aliphatic rings. The molecule has 3 heteroatoms. The predicted molar refractivity (Wildman–Crippen MR) is 74.4 cm³/mol. The van der Waals surface area contributed by atoms with Gasteiger partial charge >= 0.3 is 0 Å². The Labute approximate surface area is 106 Å². The Morgan fingerprint density at radius 3 is 2.71 bits per heavy atom. The molecule has 1 saturated heterocycles. The van der Waals surface area contributed by atoms with E-state index < -0.39 is 0 Å². The Hall–Kier alpha value is -0.570. The molecule has 0 radical (unpaired) electrons. The van der Waals surface area contributed by atoms with Crippen molar-refractivity contribution < 1.29 is 0 Å². The van der Waals surface area contributed by atoms with Gasteiger partial charge in [0, 0.05) is 5.41 Å². The largest absolute Gasteiger partial charge is 0.387 e. The van der Waals surface area contributed by atoms with Crippen molar-refractivity contribution in [2.45, 2.75) is 52.9 Å². The molecule has 0 spiro atoms. The standard InChI is InChI=1S/C14H29N3/c1-12-6-4-9-17(11-7-12)10-5-8-14(2,3)13(15)16/h12H,4-11H2,1-3H3,(H3,15,16). The van der Waals surface area contributed by atoms with Crippen molar-refractivity contribution in [3.63, 3.8) is 0 Å². The molecule has 1 rings (SSSR count). The van der Waals surface area contributed by atoms with Crippen LogP contribution in [0.5, 0.6) is 0 Å². The second-order valence-electron chi connectivity index (χ2n) is 6.28. The summed E-state index contributed by atoms with van der Waals surface area (Å²) in [5.41, 5.74) is 5.48. The summed E-state index contributed by atoms with van der Waals surface area (Å²) >= 11 is 0. The molecule has 1 unspecified atom stereocenters. The molecular weight excluding hydrogens is 210 g/mol. The molecule has 0 aromatic heterocycles. The van der Waals surface area contributed by atoms with Crippen LogP contribution in [0.25, 0.3) is 0 Å². The van der Waals surface area contributed by atoms with Crippen molar-refractivity contribution in [3.8, 4) is 0 Å². The SMILES string of the molecule is CC1CCCN(CCCC(C)(C)C(=N)N)CC1. The summed E-state index contributed by atoms with van der Waals surface area (Å²) in [4.78, 5) is 2.58. The zero-order valence-electron chi connectivity index (χ0n) is 11.8. The van der Waals surface area contributed by atoms with E-state index in [-0.39, 0.29) is 5.41 Å². The van der Waals surface area contributed by atoms with Gasteiger partial charge in [0.1, 0.15) is 0 Å². The number of nitrogens with zero attached hydrogens (tertiary/aromatic N) is 1. The van der Waals surface area contributed by atoms with E-state index in [0.29, 0.717) is 5.84 Å². The number of hydrogen-bond donors (Lipinski definition) is 2. The van der Waals surface area contributed by atoms with Crippen LogP contribution in [0.2, 0.25) is 0 Å². The quantitative estimate of drug-likeness (QED) is 0.572. The van der Waals surface area contributed by atoms with E-state index in [2.05, 4.69) is 25.7 Å². The Balaban J connectivity index is 2.24. The van der Waals surface area contributed by atoms with Crippen molar-refractivity contribution >= 4 is 5.84 Å². The third-order valence-corrected chi connectivity index (χ3v) is 4.11. The number of nitrogens with one attached hydrogen (secondary N) is 1. The van der Waals surface area contributed by atoms with E-state index >= 15 is 0 Å². The van der Waals surface area contributed by atoms with Gasteiger partial charge in [-0.05, 0) is 57.7 Å². The predicted octanol–water partition coefficient (Wildman–Crippen LogP) is 2.85. The second-order valence-corrected chi connectivity index (χ2v) is 6.28. The maximum absolute atomic E-state index is 7.55. The lowest BCUT2D eigenvalue weighted by atomic mass is 9.86. The summed E-state index contributed by atoms with van der Waals surface area (Å²) in [6, 6.07) is 0. The highest BCUT2D eigenvalue weighted by Gasteiger charge is 2.21. The highest BCUT2D eigenvalue weighted by molar-refractivity contribution is 5.82. The monoisotopic (exact) mass is 239 g/mol. The van der Waals surface area contributed by atoms with Gasteiger partial charge in [-0.2, -0.15) is 0 Å². The third kappa shape index (κ3) is 5.07. The van der Waals surface area contributed by atoms with Crippen LogP contribution < -0.4 is 5.73 Å². The normalized spacial score (nSPS) is 23.4. The van der Waals surface area contributed by atoms with E-state index in [4.69, 9.17) is 11.1 Å². The van der Waals surface area contributed by atoms with Gasteiger partial charge in [-0.25, -0.2) is 0 Å². The van der Waals surface area contributed by atoms with Crippen LogP contribution in [0, 0.1) is 16.7 Å². The molecule has 17 heavy (non-hydrogen) atoms. The molecule has 100 valence electrons. The lowest BCUT2D eigenvalue weighted by Crippen LogP contribution is -2.32. The zero-order chi connectivity index (χ0) is 12.9. The van der Waals surface area contributed by atoms with E-state index in [1.165, 1.54) is 38.9 Å². The second kappa shape index (κ2) is 6.39. The first kappa shape index (κ1) is 14.5. The number of likely N-dealkylation sites (tertiary alicyclic amines) is 1. The molecule has 0 aliphatic carbocycles. The van der Waals surface area contributed by atoms with Crippen molar-refractivity contribution in [2.24, 2.45) is 17.1 Å². The fourth-order valence-corrected chi connectivity index (χ4v) is 2.43. The van der Waals surface area contributed by atoms with Crippen molar-refractivity contribution in [1.82, 2.24) is 4.90 Å². The maximum atomic E-state index is 7.55. The summed E-state index contributed by atoms with van der Waals surface area (Å²) in [5, 5.41) is 7.55. The summed E-state index contributed by atoms with van der Waals surface area (Å²) in [6.45, 7) is 10.2. The minimum Gasteiger partial charge on any atom is -0.387 e. The Morgan fingerprint density at radius 2 is 2.06 bits per heavy atom. The topological polar surface area (TPSA) is 53.1 Å². The average molecular weight is 239 g/mol. The summed E-state index contributed by atoms with van der Waals surface area (Å²) in [5.74, 6) is 1.22. The first-order valence-electron chi connectivity index (χ1n) is 6.98. The van der Waals surface area contributed by atoms with Gasteiger partial charge in [0.05, 0.1) is 5.84 Å². The molecule has 1 heterocycles. The lowest BCUT2D eigenvalue weighted by molar-refractivity contribution is 0.264. The van der Waals surface area contributed by atoms with Crippen molar-refractivity contribution in [1.29, 1.82) is 5.41 Å². The molecule has 3 nitrogen and oxygen atoms in total. The third-order valence-electron chi connectivity index (χ3n) is 4.11. The van der Waals surface area contributed by atoms with E-state index in [1.807, 2.05) is 0 Å². The number of hydrogen-bond acceptors (Lipinski definition) is 2. The van der Waals surface area contributed by atoms with Crippen molar-refractivity contribution in [3.05, 3.63) is 0 Å². The Kier molecular flexibility index (Phi) is 5.44. The minimum absolute atomic E-state index is 0.126. The van der Waals surface area contributed by atoms with E-state index in [0.717, 1.165) is 18.8 Å². The minimum atomic E-state index is -0.126. The van der Waals surface area contributed by atoms with Gasteiger partial charge in [0.2, 0.25) is 0 Å². The summed E-state index contributed by atoms with van der Waals surface area (Å²) < 4.78 is 0. The number of amidine groups is 1. The molecule has 0 bridgehead atoms. The van der Waals surface area contributed by atoms with Gasteiger partial charge in [0.15, 0.2) is 0 Å². The van der Waals surface area contributed by atoms with Crippen LogP contribution in [0.15, 0.2) is 0 Å². The van der Waals surface area contributed by atoms with E-state index in [9.17, 15) is 0 Å². The molecule has 1 aliphatic heterocycles. The number of rotatable bonds is 5.